The Hall–Kier alpha value is -4.16. The predicted molar refractivity (Wildman–Crippen MR) is 149 cm³/mol. The van der Waals surface area contributed by atoms with E-state index in [1.807, 2.05) is 61.5 Å². The van der Waals surface area contributed by atoms with E-state index in [2.05, 4.69) is 42.7 Å². The lowest BCUT2D eigenvalue weighted by molar-refractivity contribution is 0.589. The van der Waals surface area contributed by atoms with Gasteiger partial charge in [0.2, 0.25) is 0 Å². The summed E-state index contributed by atoms with van der Waals surface area (Å²) in [7, 11) is -3.77. The normalized spacial score (nSPS) is 12.0. The van der Waals surface area contributed by atoms with Gasteiger partial charge in [-0.15, -0.1) is 0 Å². The van der Waals surface area contributed by atoms with Gasteiger partial charge in [-0.05, 0) is 67.8 Å². The van der Waals surface area contributed by atoms with Crippen LogP contribution in [0.15, 0.2) is 102 Å². The summed E-state index contributed by atoms with van der Waals surface area (Å²) in [5.41, 5.74) is 7.96. The summed E-state index contributed by atoms with van der Waals surface area (Å²) in [4.78, 5) is 5.28. The fourth-order valence-electron chi connectivity index (χ4n) is 4.88. The van der Waals surface area contributed by atoms with Gasteiger partial charge in [-0.3, -0.25) is 0 Å². The SMILES string of the molecule is Cc1ccc(S(=O)(=O)n2cc(Cn3c(-c4ccccc4)nc4cc(C)c(C)cc43)c3ccccc32)cc1. The molecule has 0 aliphatic heterocycles. The highest BCUT2D eigenvalue weighted by molar-refractivity contribution is 7.90. The molecule has 0 fully saturated rings. The Morgan fingerprint density at radius 2 is 1.43 bits per heavy atom. The molecule has 0 saturated carbocycles. The Morgan fingerprint density at radius 3 is 2.19 bits per heavy atom. The van der Waals surface area contributed by atoms with Crippen molar-refractivity contribution in [2.75, 3.05) is 0 Å². The van der Waals surface area contributed by atoms with E-state index in [-0.39, 0.29) is 4.90 Å². The van der Waals surface area contributed by atoms with Gasteiger partial charge in [0, 0.05) is 17.1 Å². The third-order valence-electron chi connectivity index (χ3n) is 7.06. The molecule has 6 rings (SSSR count). The van der Waals surface area contributed by atoms with Crippen molar-refractivity contribution in [1.29, 1.82) is 0 Å². The van der Waals surface area contributed by atoms with Gasteiger partial charge in [-0.1, -0.05) is 66.2 Å². The van der Waals surface area contributed by atoms with Crippen LogP contribution in [0.4, 0.5) is 0 Å². The van der Waals surface area contributed by atoms with Crippen molar-refractivity contribution in [2.24, 2.45) is 0 Å². The molecule has 184 valence electrons. The molecular weight excluding hydrogens is 478 g/mol. The lowest BCUT2D eigenvalue weighted by Gasteiger charge is -2.10. The van der Waals surface area contributed by atoms with E-state index in [1.54, 1.807) is 18.3 Å². The van der Waals surface area contributed by atoms with Crippen LogP contribution >= 0.6 is 0 Å². The van der Waals surface area contributed by atoms with Crippen molar-refractivity contribution >= 4 is 32.0 Å². The van der Waals surface area contributed by atoms with E-state index in [0.29, 0.717) is 12.1 Å². The number of rotatable bonds is 5. The van der Waals surface area contributed by atoms with Crippen LogP contribution < -0.4 is 0 Å². The van der Waals surface area contributed by atoms with Crippen LogP contribution in [-0.2, 0) is 16.6 Å². The molecule has 0 aliphatic rings. The van der Waals surface area contributed by atoms with Crippen molar-refractivity contribution in [3.8, 4) is 11.4 Å². The van der Waals surface area contributed by atoms with Crippen LogP contribution in [-0.4, -0.2) is 21.9 Å². The summed E-state index contributed by atoms with van der Waals surface area (Å²) in [5.74, 6) is 0.860. The van der Waals surface area contributed by atoms with Gasteiger partial charge in [-0.25, -0.2) is 17.4 Å². The maximum atomic E-state index is 13.7. The summed E-state index contributed by atoms with van der Waals surface area (Å²) in [6.45, 7) is 6.64. The molecule has 0 amide bonds. The van der Waals surface area contributed by atoms with E-state index in [1.165, 1.54) is 15.1 Å². The first-order chi connectivity index (χ1) is 17.8. The van der Waals surface area contributed by atoms with Crippen LogP contribution in [0.5, 0.6) is 0 Å². The van der Waals surface area contributed by atoms with Crippen molar-refractivity contribution in [1.82, 2.24) is 13.5 Å². The van der Waals surface area contributed by atoms with Crippen molar-refractivity contribution < 1.29 is 8.42 Å². The molecule has 0 bridgehead atoms. The van der Waals surface area contributed by atoms with E-state index < -0.39 is 10.0 Å². The van der Waals surface area contributed by atoms with E-state index in [4.69, 9.17) is 4.98 Å². The molecule has 5 nitrogen and oxygen atoms in total. The van der Waals surface area contributed by atoms with Crippen LogP contribution in [0.1, 0.15) is 22.3 Å². The predicted octanol–water partition coefficient (Wildman–Crippen LogP) is 6.87. The smallest absolute Gasteiger partial charge is 0.268 e. The van der Waals surface area contributed by atoms with E-state index in [9.17, 15) is 8.42 Å². The summed E-state index contributed by atoms with van der Waals surface area (Å²) >= 11 is 0. The quantitative estimate of drug-likeness (QED) is 0.257. The van der Waals surface area contributed by atoms with Gasteiger partial charge in [0.25, 0.3) is 10.0 Å². The lowest BCUT2D eigenvalue weighted by Crippen LogP contribution is -2.12. The monoisotopic (exact) mass is 505 g/mol. The molecule has 0 N–H and O–H groups in total. The van der Waals surface area contributed by atoms with Gasteiger partial charge in [0.15, 0.2) is 0 Å². The highest BCUT2D eigenvalue weighted by Crippen LogP contribution is 2.31. The largest absolute Gasteiger partial charge is 0.319 e. The Labute approximate surface area is 216 Å². The number of aryl methyl sites for hydroxylation is 3. The number of nitrogens with zero attached hydrogens (tertiary/aromatic N) is 3. The molecular formula is C31H27N3O2S. The Morgan fingerprint density at radius 1 is 0.757 bits per heavy atom. The third kappa shape index (κ3) is 3.94. The van der Waals surface area contributed by atoms with E-state index >= 15 is 0 Å². The molecule has 0 spiro atoms. The van der Waals surface area contributed by atoms with Gasteiger partial charge in [0.1, 0.15) is 5.82 Å². The maximum absolute atomic E-state index is 13.7. The minimum atomic E-state index is -3.77. The maximum Gasteiger partial charge on any atom is 0.268 e. The molecule has 0 saturated heterocycles. The fourth-order valence-corrected chi connectivity index (χ4v) is 6.28. The van der Waals surface area contributed by atoms with Crippen molar-refractivity contribution in [3.05, 3.63) is 119 Å². The fraction of sp³-hybridized carbons (Fsp3) is 0.129. The van der Waals surface area contributed by atoms with Gasteiger partial charge in [0.05, 0.1) is 28.0 Å². The number of aromatic nitrogens is 3. The highest BCUT2D eigenvalue weighted by atomic mass is 32.2. The zero-order valence-electron chi connectivity index (χ0n) is 21.0. The lowest BCUT2D eigenvalue weighted by atomic mass is 10.1. The zero-order chi connectivity index (χ0) is 25.7. The second-order valence-corrected chi connectivity index (χ2v) is 11.4. The van der Waals surface area contributed by atoms with Crippen molar-refractivity contribution in [3.63, 3.8) is 0 Å². The van der Waals surface area contributed by atoms with Crippen LogP contribution in [0.25, 0.3) is 33.3 Å². The minimum absolute atomic E-state index is 0.273. The molecule has 4 aromatic carbocycles. The minimum Gasteiger partial charge on any atom is -0.319 e. The molecule has 0 atom stereocenters. The van der Waals surface area contributed by atoms with Crippen LogP contribution in [0.2, 0.25) is 0 Å². The standard InChI is InChI=1S/C31H27N3O2S/c1-21-13-15-26(16-14-21)37(35,36)34-20-25(27-11-7-8-12-29(27)34)19-33-30-18-23(3)22(2)17-28(30)32-31(33)24-9-5-4-6-10-24/h4-18,20H,19H2,1-3H3. The summed E-state index contributed by atoms with van der Waals surface area (Å²) in [6, 6.07) is 29.1. The molecule has 6 heteroatoms. The molecule has 37 heavy (non-hydrogen) atoms. The number of hydrogen-bond donors (Lipinski definition) is 0. The second-order valence-electron chi connectivity index (χ2n) is 9.60. The number of imidazole rings is 1. The summed E-state index contributed by atoms with van der Waals surface area (Å²) in [6.07, 6.45) is 1.77. The molecule has 0 unspecified atom stereocenters. The zero-order valence-corrected chi connectivity index (χ0v) is 21.8. The number of fused-ring (bicyclic) bond motifs is 2. The molecule has 0 radical (unpaired) electrons. The van der Waals surface area contributed by atoms with Gasteiger partial charge >= 0.3 is 0 Å². The van der Waals surface area contributed by atoms with Gasteiger partial charge in [-0.2, -0.15) is 0 Å². The van der Waals surface area contributed by atoms with E-state index in [0.717, 1.165) is 38.9 Å². The summed E-state index contributed by atoms with van der Waals surface area (Å²) < 4.78 is 31.0. The second kappa shape index (κ2) is 8.75. The van der Waals surface area contributed by atoms with Crippen LogP contribution in [0, 0.1) is 20.8 Å². The molecule has 2 aromatic heterocycles. The average Bonchev–Trinajstić information content (AvgIpc) is 3.44. The Balaban J connectivity index is 1.56. The van der Waals surface area contributed by atoms with Crippen molar-refractivity contribution in [2.45, 2.75) is 32.2 Å². The average molecular weight is 506 g/mol. The number of benzene rings is 4. The molecule has 2 heterocycles. The topological polar surface area (TPSA) is 56.9 Å². The Kier molecular flexibility index (Phi) is 5.50. The first kappa shape index (κ1) is 23.3. The molecule has 0 aliphatic carbocycles. The third-order valence-corrected chi connectivity index (χ3v) is 8.75. The van der Waals surface area contributed by atoms with Gasteiger partial charge < -0.3 is 4.57 Å². The number of hydrogen-bond acceptors (Lipinski definition) is 3. The number of para-hydroxylation sites is 1. The summed E-state index contributed by atoms with van der Waals surface area (Å²) in [5, 5.41) is 0.905. The highest BCUT2D eigenvalue weighted by Gasteiger charge is 2.22. The first-order valence-corrected chi connectivity index (χ1v) is 13.7. The Bertz CT molecular complexity index is 1880. The first-order valence-electron chi connectivity index (χ1n) is 12.3. The van der Waals surface area contributed by atoms with Crippen LogP contribution in [0.3, 0.4) is 0 Å². The molecule has 6 aromatic rings.